The lowest BCUT2D eigenvalue weighted by Gasteiger charge is -2.18. The van der Waals surface area contributed by atoms with Crippen LogP contribution in [-0.2, 0) is 20.8 Å². The topological polar surface area (TPSA) is 199 Å². The Morgan fingerprint density at radius 3 is 2.00 bits per heavy atom. The highest BCUT2D eigenvalue weighted by molar-refractivity contribution is 5.89. The minimum Gasteiger partial charge on any atom is -0.481 e. The van der Waals surface area contributed by atoms with Crippen LogP contribution in [0.5, 0.6) is 0 Å². The molecule has 3 rings (SSSR count). The molecule has 41 heavy (non-hydrogen) atoms. The van der Waals surface area contributed by atoms with Gasteiger partial charge in [0, 0.05) is 24.6 Å². The normalized spacial score (nSPS) is 13.0. The highest BCUT2D eigenvalue weighted by Crippen LogP contribution is 2.25. The van der Waals surface area contributed by atoms with Gasteiger partial charge in [-0.1, -0.05) is 56.0 Å². The number of anilines is 1. The highest BCUT2D eigenvalue weighted by Gasteiger charge is 2.15. The number of hydrogen-bond acceptors (Lipinski definition) is 7. The van der Waals surface area contributed by atoms with Crippen LogP contribution < -0.4 is 22.5 Å². The molecule has 1 fully saturated rings. The van der Waals surface area contributed by atoms with Crippen molar-refractivity contribution in [3.05, 3.63) is 65.7 Å². The molecule has 0 heterocycles. The van der Waals surface area contributed by atoms with E-state index >= 15 is 0 Å². The first-order chi connectivity index (χ1) is 19.6. The van der Waals surface area contributed by atoms with Gasteiger partial charge in [0.15, 0.2) is 0 Å². The SMILES string of the molecule is CC(=O)Nc1ccc(C=O)cc1.NCCCCC(N)C(=O)O.NCCc1ccccc1.O=C(O)CC1CCCCC1. The summed E-state index contributed by atoms with van der Waals surface area (Å²) < 4.78 is 0. The van der Waals surface area contributed by atoms with Gasteiger partial charge in [-0.3, -0.25) is 19.2 Å². The summed E-state index contributed by atoms with van der Waals surface area (Å²) in [4.78, 5) is 41.2. The zero-order valence-corrected chi connectivity index (χ0v) is 24.2. The predicted octanol–water partition coefficient (Wildman–Crippen LogP) is 4.21. The van der Waals surface area contributed by atoms with Crippen molar-refractivity contribution in [3.63, 3.8) is 0 Å². The predicted molar refractivity (Wildman–Crippen MR) is 163 cm³/mol. The van der Waals surface area contributed by atoms with E-state index in [4.69, 9.17) is 27.4 Å². The van der Waals surface area contributed by atoms with Gasteiger partial charge in [-0.2, -0.15) is 0 Å². The number of carboxylic acids is 2. The molecule has 1 amide bonds. The zero-order valence-electron chi connectivity index (χ0n) is 24.2. The van der Waals surface area contributed by atoms with Crippen LogP contribution in [0.2, 0.25) is 0 Å². The van der Waals surface area contributed by atoms with Gasteiger partial charge in [-0.15, -0.1) is 0 Å². The van der Waals surface area contributed by atoms with Gasteiger partial charge in [0.25, 0.3) is 0 Å². The lowest BCUT2D eigenvalue weighted by molar-refractivity contribution is -0.139. The Balaban J connectivity index is 0.000000523. The fraction of sp³-hybridized carbons (Fsp3) is 0.484. The molecular formula is C31H48N4O6. The van der Waals surface area contributed by atoms with Gasteiger partial charge in [-0.05, 0) is 80.9 Å². The molecule has 0 aromatic heterocycles. The molecule has 0 spiro atoms. The minimum atomic E-state index is -0.933. The average molecular weight is 573 g/mol. The Labute approximate surface area is 243 Å². The molecule has 1 aliphatic rings. The molecule has 0 bridgehead atoms. The minimum absolute atomic E-state index is 0.117. The Hall–Kier alpha value is -3.60. The van der Waals surface area contributed by atoms with Crippen LogP contribution in [0, 0.1) is 5.92 Å². The number of rotatable bonds is 11. The molecule has 9 N–H and O–H groups in total. The maximum absolute atomic E-state index is 10.6. The summed E-state index contributed by atoms with van der Waals surface area (Å²) in [5, 5.41) is 19.4. The summed E-state index contributed by atoms with van der Waals surface area (Å²) in [6.07, 6.45) is 10.3. The smallest absolute Gasteiger partial charge is 0.320 e. The van der Waals surface area contributed by atoms with E-state index < -0.39 is 18.0 Å². The lowest BCUT2D eigenvalue weighted by Crippen LogP contribution is -2.29. The largest absolute Gasteiger partial charge is 0.481 e. The summed E-state index contributed by atoms with van der Waals surface area (Å²) in [7, 11) is 0. The fourth-order valence-corrected chi connectivity index (χ4v) is 3.93. The van der Waals surface area contributed by atoms with E-state index in [0.717, 1.165) is 44.9 Å². The van der Waals surface area contributed by atoms with Crippen molar-refractivity contribution in [1.29, 1.82) is 0 Å². The molecule has 0 aliphatic heterocycles. The molecule has 228 valence electrons. The second kappa shape index (κ2) is 24.2. The first-order valence-electron chi connectivity index (χ1n) is 14.1. The highest BCUT2D eigenvalue weighted by atomic mass is 16.4. The molecule has 1 unspecified atom stereocenters. The zero-order chi connectivity index (χ0) is 30.9. The number of aliphatic carboxylic acids is 2. The van der Waals surface area contributed by atoms with E-state index in [0.29, 0.717) is 36.6 Å². The maximum Gasteiger partial charge on any atom is 0.320 e. The van der Waals surface area contributed by atoms with Crippen LogP contribution in [0.1, 0.15) is 80.6 Å². The summed E-state index contributed by atoms with van der Waals surface area (Å²) in [6.45, 7) is 2.78. The van der Waals surface area contributed by atoms with E-state index in [-0.39, 0.29) is 5.91 Å². The van der Waals surface area contributed by atoms with Gasteiger partial charge in [0.2, 0.25) is 5.91 Å². The van der Waals surface area contributed by atoms with Gasteiger partial charge >= 0.3 is 11.9 Å². The van der Waals surface area contributed by atoms with Gasteiger partial charge in [-0.25, -0.2) is 0 Å². The third-order valence-corrected chi connectivity index (χ3v) is 6.12. The number of aldehydes is 1. The second-order valence-electron chi connectivity index (χ2n) is 9.78. The molecule has 2 aromatic carbocycles. The molecule has 1 atom stereocenters. The fourth-order valence-electron chi connectivity index (χ4n) is 3.93. The van der Waals surface area contributed by atoms with Gasteiger partial charge in [0.1, 0.15) is 12.3 Å². The van der Waals surface area contributed by atoms with Crippen molar-refractivity contribution in [3.8, 4) is 0 Å². The van der Waals surface area contributed by atoms with Gasteiger partial charge < -0.3 is 32.7 Å². The number of unbranched alkanes of at least 4 members (excludes halogenated alkanes) is 1. The molecule has 0 saturated heterocycles. The summed E-state index contributed by atoms with van der Waals surface area (Å²) >= 11 is 0. The number of nitrogens with one attached hydrogen (secondary N) is 1. The molecule has 10 nitrogen and oxygen atoms in total. The van der Waals surface area contributed by atoms with Crippen molar-refractivity contribution in [2.45, 2.75) is 77.2 Å². The van der Waals surface area contributed by atoms with Crippen LogP contribution in [0.4, 0.5) is 5.69 Å². The molecule has 0 radical (unpaired) electrons. The molecule has 10 heteroatoms. The van der Waals surface area contributed by atoms with Crippen molar-refractivity contribution in [2.75, 3.05) is 18.4 Å². The quantitative estimate of drug-likeness (QED) is 0.168. The molecule has 1 aliphatic carbocycles. The third-order valence-electron chi connectivity index (χ3n) is 6.12. The lowest BCUT2D eigenvalue weighted by atomic mass is 9.87. The van der Waals surface area contributed by atoms with Gasteiger partial charge in [0.05, 0.1) is 0 Å². The van der Waals surface area contributed by atoms with Crippen LogP contribution in [0.25, 0.3) is 0 Å². The van der Waals surface area contributed by atoms with Crippen LogP contribution in [0.15, 0.2) is 54.6 Å². The van der Waals surface area contributed by atoms with Crippen LogP contribution >= 0.6 is 0 Å². The Morgan fingerprint density at radius 1 is 0.927 bits per heavy atom. The first kappa shape index (κ1) is 37.4. The van der Waals surface area contributed by atoms with E-state index in [2.05, 4.69) is 17.4 Å². The monoisotopic (exact) mass is 572 g/mol. The number of benzene rings is 2. The van der Waals surface area contributed by atoms with Crippen LogP contribution in [0.3, 0.4) is 0 Å². The number of amides is 1. The number of carbonyl (C=O) groups is 4. The summed E-state index contributed by atoms with van der Waals surface area (Å²) in [5.41, 5.74) is 18.4. The molecule has 1 saturated carbocycles. The number of carboxylic acid groups (broad SMARTS) is 2. The van der Waals surface area contributed by atoms with Crippen LogP contribution in [-0.4, -0.2) is 53.5 Å². The van der Waals surface area contributed by atoms with Crippen molar-refractivity contribution in [2.24, 2.45) is 23.1 Å². The average Bonchev–Trinajstić information content (AvgIpc) is 2.95. The number of nitrogens with two attached hydrogens (primary N) is 3. The first-order valence-corrected chi connectivity index (χ1v) is 14.1. The number of hydrogen-bond donors (Lipinski definition) is 6. The van der Waals surface area contributed by atoms with E-state index in [1.807, 2.05) is 18.2 Å². The molecular weight excluding hydrogens is 524 g/mol. The summed E-state index contributed by atoms with van der Waals surface area (Å²) in [6, 6.07) is 16.2. The van der Waals surface area contributed by atoms with E-state index in [1.165, 1.54) is 31.7 Å². The summed E-state index contributed by atoms with van der Waals surface area (Å²) in [5.74, 6) is -1.20. The Kier molecular flexibility index (Phi) is 22.1. The second-order valence-corrected chi connectivity index (χ2v) is 9.78. The molecule has 2 aromatic rings. The Morgan fingerprint density at radius 2 is 1.54 bits per heavy atom. The van der Waals surface area contributed by atoms with E-state index in [9.17, 15) is 19.2 Å². The third kappa shape index (κ3) is 21.9. The standard InChI is InChI=1S/C9H9NO2.C8H11N.C8H14O2.C6H14N2O2/c1-7(12)10-9-4-2-8(6-11)3-5-9;9-7-6-8-4-2-1-3-5-8;9-8(10)6-7-4-2-1-3-5-7;7-4-2-1-3-5(8)6(9)10/h2-6H,1H3,(H,10,12);1-5H,6-7,9H2;7H,1-6H2,(H,9,10);5H,1-4,7-8H2,(H,9,10). The van der Waals surface area contributed by atoms with E-state index in [1.54, 1.807) is 24.3 Å². The van der Waals surface area contributed by atoms with Crippen molar-refractivity contribution >= 4 is 29.8 Å². The van der Waals surface area contributed by atoms with Crippen molar-refractivity contribution in [1.82, 2.24) is 0 Å². The maximum atomic E-state index is 10.6. The number of carbonyl (C=O) groups excluding carboxylic acids is 2. The van der Waals surface area contributed by atoms with Crippen molar-refractivity contribution < 1.29 is 29.4 Å². The Bertz CT molecular complexity index is 980.